The number of carbonyl (C=O) groups is 3. The Kier molecular flexibility index (Phi) is 3.64. The molecule has 19 heavy (non-hydrogen) atoms. The predicted octanol–water partition coefficient (Wildman–Crippen LogP) is 1.25. The van der Waals surface area contributed by atoms with Gasteiger partial charge >= 0.3 is 5.97 Å². The summed E-state index contributed by atoms with van der Waals surface area (Å²) in [7, 11) is 0. The van der Waals surface area contributed by atoms with Crippen molar-refractivity contribution in [2.75, 3.05) is 6.54 Å². The molecule has 5 heteroatoms. The first-order valence-corrected chi connectivity index (χ1v) is 6.11. The van der Waals surface area contributed by atoms with Gasteiger partial charge in [-0.3, -0.25) is 19.3 Å². The molecule has 1 aromatic carbocycles. The molecule has 0 aliphatic carbocycles. The molecule has 2 atom stereocenters. The molecule has 0 aromatic heterocycles. The molecule has 0 unspecified atom stereocenters. The Labute approximate surface area is 110 Å². The summed E-state index contributed by atoms with van der Waals surface area (Å²) >= 11 is 0. The van der Waals surface area contributed by atoms with Gasteiger partial charge in [0.05, 0.1) is 5.92 Å². The highest BCUT2D eigenvalue weighted by Gasteiger charge is 2.42. The molecule has 0 radical (unpaired) electrons. The molecule has 1 aromatic rings. The number of imide groups is 1. The SMILES string of the molecule is C[C@@H](c1ccccc1)[C@@H]1CC(=O)N(CC(=O)O)C1=O. The highest BCUT2D eigenvalue weighted by Crippen LogP contribution is 2.33. The largest absolute Gasteiger partial charge is 0.480 e. The van der Waals surface area contributed by atoms with Crippen LogP contribution >= 0.6 is 0 Å². The highest BCUT2D eigenvalue weighted by atomic mass is 16.4. The molecule has 1 heterocycles. The molecule has 2 amide bonds. The molecule has 5 nitrogen and oxygen atoms in total. The second-order valence-electron chi connectivity index (χ2n) is 4.72. The lowest BCUT2D eigenvalue weighted by Crippen LogP contribution is -2.36. The minimum atomic E-state index is -1.17. The summed E-state index contributed by atoms with van der Waals surface area (Å²) in [6, 6.07) is 9.45. The summed E-state index contributed by atoms with van der Waals surface area (Å²) in [6.07, 6.45) is 0.0855. The lowest BCUT2D eigenvalue weighted by atomic mass is 9.86. The zero-order valence-corrected chi connectivity index (χ0v) is 10.6. The van der Waals surface area contributed by atoms with Crippen molar-refractivity contribution in [3.05, 3.63) is 35.9 Å². The fourth-order valence-electron chi connectivity index (χ4n) is 2.39. The molecule has 1 fully saturated rings. The van der Waals surface area contributed by atoms with Gasteiger partial charge in [-0.15, -0.1) is 0 Å². The van der Waals surface area contributed by atoms with Crippen LogP contribution in [-0.4, -0.2) is 34.3 Å². The minimum Gasteiger partial charge on any atom is -0.480 e. The number of benzene rings is 1. The molecular weight excluding hydrogens is 246 g/mol. The van der Waals surface area contributed by atoms with Gasteiger partial charge in [-0.05, 0) is 11.5 Å². The van der Waals surface area contributed by atoms with Gasteiger partial charge in [0.1, 0.15) is 6.54 Å². The van der Waals surface area contributed by atoms with Crippen LogP contribution in [0.3, 0.4) is 0 Å². The summed E-state index contributed by atoms with van der Waals surface area (Å²) < 4.78 is 0. The Hall–Kier alpha value is -2.17. The number of hydrogen-bond donors (Lipinski definition) is 1. The Morgan fingerprint density at radius 3 is 2.58 bits per heavy atom. The standard InChI is InChI=1S/C14H15NO4/c1-9(10-5-3-2-4-6-10)11-7-12(16)15(14(11)19)8-13(17)18/h2-6,9,11H,7-8H2,1H3,(H,17,18)/t9-,11-/m0/s1. The zero-order chi connectivity index (χ0) is 14.0. The Balaban J connectivity index is 2.17. The first-order chi connectivity index (χ1) is 9.00. The average Bonchev–Trinajstić information content (AvgIpc) is 2.66. The maximum absolute atomic E-state index is 12.1. The van der Waals surface area contributed by atoms with Crippen molar-refractivity contribution >= 4 is 17.8 Å². The molecule has 2 rings (SSSR count). The van der Waals surface area contributed by atoms with E-state index in [2.05, 4.69) is 0 Å². The molecule has 1 N–H and O–H groups in total. The van der Waals surface area contributed by atoms with Gasteiger partial charge in [0.15, 0.2) is 0 Å². The fourth-order valence-corrected chi connectivity index (χ4v) is 2.39. The van der Waals surface area contributed by atoms with Crippen LogP contribution in [-0.2, 0) is 14.4 Å². The molecule has 0 saturated carbocycles. The maximum atomic E-state index is 12.1. The normalized spacial score (nSPS) is 20.7. The number of carboxylic acids is 1. The van der Waals surface area contributed by atoms with Gasteiger partial charge in [-0.1, -0.05) is 37.3 Å². The molecule has 0 bridgehead atoms. The number of rotatable bonds is 4. The van der Waals surface area contributed by atoms with Gasteiger partial charge in [0.25, 0.3) is 0 Å². The predicted molar refractivity (Wildman–Crippen MR) is 67.3 cm³/mol. The molecule has 1 aliphatic rings. The van der Waals surface area contributed by atoms with Crippen molar-refractivity contribution < 1.29 is 19.5 Å². The van der Waals surface area contributed by atoms with E-state index in [0.29, 0.717) is 0 Å². The third-order valence-electron chi connectivity index (χ3n) is 3.50. The summed E-state index contributed by atoms with van der Waals surface area (Å²) in [5, 5.41) is 8.71. The maximum Gasteiger partial charge on any atom is 0.323 e. The zero-order valence-electron chi connectivity index (χ0n) is 10.6. The van der Waals surface area contributed by atoms with Crippen LogP contribution < -0.4 is 0 Å². The summed E-state index contributed by atoms with van der Waals surface area (Å²) in [5.41, 5.74) is 0.978. The Morgan fingerprint density at radius 1 is 1.37 bits per heavy atom. The first-order valence-electron chi connectivity index (χ1n) is 6.11. The van der Waals surface area contributed by atoms with Gasteiger partial charge in [0.2, 0.25) is 11.8 Å². The molecule has 1 saturated heterocycles. The van der Waals surface area contributed by atoms with Crippen molar-refractivity contribution in [3.8, 4) is 0 Å². The average molecular weight is 261 g/mol. The smallest absolute Gasteiger partial charge is 0.323 e. The molecular formula is C14H15NO4. The van der Waals surface area contributed by atoms with Crippen LogP contribution in [0.5, 0.6) is 0 Å². The van der Waals surface area contributed by atoms with Crippen LogP contribution in [0.15, 0.2) is 30.3 Å². The summed E-state index contributed by atoms with van der Waals surface area (Å²) in [5.74, 6) is -2.52. The fraction of sp³-hybridized carbons (Fsp3) is 0.357. The Morgan fingerprint density at radius 2 is 2.00 bits per heavy atom. The number of likely N-dealkylation sites (tertiary alicyclic amines) is 1. The van der Waals surface area contributed by atoms with E-state index < -0.39 is 24.3 Å². The number of nitrogens with zero attached hydrogens (tertiary/aromatic N) is 1. The number of aliphatic carboxylic acids is 1. The van der Waals surface area contributed by atoms with Gasteiger partial charge in [-0.25, -0.2) is 0 Å². The van der Waals surface area contributed by atoms with Crippen molar-refractivity contribution in [3.63, 3.8) is 0 Å². The summed E-state index contributed by atoms with van der Waals surface area (Å²) in [4.78, 5) is 35.3. The quantitative estimate of drug-likeness (QED) is 0.828. The summed E-state index contributed by atoms with van der Waals surface area (Å²) in [6.45, 7) is 1.34. The number of hydrogen-bond acceptors (Lipinski definition) is 3. The third kappa shape index (κ3) is 2.65. The lowest BCUT2D eigenvalue weighted by molar-refractivity contribution is -0.149. The van der Waals surface area contributed by atoms with Crippen molar-refractivity contribution in [1.82, 2.24) is 4.90 Å². The second kappa shape index (κ2) is 5.22. The van der Waals surface area contributed by atoms with Crippen LogP contribution in [0.1, 0.15) is 24.8 Å². The highest BCUT2D eigenvalue weighted by molar-refractivity contribution is 6.05. The lowest BCUT2D eigenvalue weighted by Gasteiger charge is -2.18. The second-order valence-corrected chi connectivity index (χ2v) is 4.72. The minimum absolute atomic E-state index is 0.0855. The van der Waals surface area contributed by atoms with Crippen molar-refractivity contribution in [2.24, 2.45) is 5.92 Å². The van der Waals surface area contributed by atoms with E-state index in [-0.39, 0.29) is 18.2 Å². The van der Waals surface area contributed by atoms with Crippen LogP contribution in [0, 0.1) is 5.92 Å². The van der Waals surface area contributed by atoms with E-state index in [1.54, 1.807) is 0 Å². The van der Waals surface area contributed by atoms with Crippen molar-refractivity contribution in [2.45, 2.75) is 19.3 Å². The number of amides is 2. The van der Waals surface area contributed by atoms with Crippen LogP contribution in [0.2, 0.25) is 0 Å². The molecule has 1 aliphatic heterocycles. The van der Waals surface area contributed by atoms with Gasteiger partial charge in [-0.2, -0.15) is 0 Å². The van der Waals surface area contributed by atoms with E-state index in [4.69, 9.17) is 5.11 Å². The van der Waals surface area contributed by atoms with Crippen LogP contribution in [0.4, 0.5) is 0 Å². The van der Waals surface area contributed by atoms with Crippen molar-refractivity contribution in [1.29, 1.82) is 0 Å². The van der Waals surface area contributed by atoms with Crippen LogP contribution in [0.25, 0.3) is 0 Å². The van der Waals surface area contributed by atoms with E-state index in [0.717, 1.165) is 10.5 Å². The van der Waals surface area contributed by atoms with Gasteiger partial charge < -0.3 is 5.11 Å². The molecule has 100 valence electrons. The van der Waals surface area contributed by atoms with Gasteiger partial charge in [0, 0.05) is 6.42 Å². The number of carbonyl (C=O) groups excluding carboxylic acids is 2. The van der Waals surface area contributed by atoms with E-state index >= 15 is 0 Å². The number of carboxylic acid groups (broad SMARTS) is 1. The molecule has 0 spiro atoms. The monoisotopic (exact) mass is 261 g/mol. The van der Waals surface area contributed by atoms with E-state index in [1.165, 1.54) is 0 Å². The third-order valence-corrected chi connectivity index (χ3v) is 3.50. The van der Waals surface area contributed by atoms with E-state index in [9.17, 15) is 14.4 Å². The Bertz CT molecular complexity index is 511. The first kappa shape index (κ1) is 13.3. The van der Waals surface area contributed by atoms with E-state index in [1.807, 2.05) is 37.3 Å². The topological polar surface area (TPSA) is 74.7 Å².